The van der Waals surface area contributed by atoms with Crippen LogP contribution in [0.15, 0.2) is 29.3 Å². The number of aromatic nitrogens is 2. The van der Waals surface area contributed by atoms with Gasteiger partial charge in [0.05, 0.1) is 7.11 Å². The Morgan fingerprint density at radius 2 is 2.00 bits per heavy atom. The first-order valence-corrected chi connectivity index (χ1v) is 10.7. The van der Waals surface area contributed by atoms with Gasteiger partial charge in [-0.2, -0.15) is 4.37 Å². The van der Waals surface area contributed by atoms with Crippen molar-refractivity contribution in [1.29, 1.82) is 0 Å². The molecule has 2 heterocycles. The fraction of sp³-hybridized carbons (Fsp3) is 0.550. The predicted molar refractivity (Wildman–Crippen MR) is 116 cm³/mol. The van der Waals surface area contributed by atoms with Crippen LogP contribution in [0.4, 0.5) is 5.13 Å². The number of hydrogen-bond acceptors (Lipinski definition) is 6. The highest BCUT2D eigenvalue weighted by molar-refractivity contribution is 7.09. The SMILES string of the molecule is CCNC(=NCCc1ccccc1OC)N1CCN(c2nc(CC)ns2)CC1. The van der Waals surface area contributed by atoms with E-state index in [2.05, 4.69) is 44.4 Å². The summed E-state index contributed by atoms with van der Waals surface area (Å²) < 4.78 is 9.85. The summed E-state index contributed by atoms with van der Waals surface area (Å²) in [5.41, 5.74) is 1.19. The molecule has 0 amide bonds. The number of methoxy groups -OCH3 is 1. The molecule has 0 saturated carbocycles. The maximum Gasteiger partial charge on any atom is 0.205 e. The molecule has 2 aromatic rings. The third-order valence-electron chi connectivity index (χ3n) is 4.79. The predicted octanol–water partition coefficient (Wildman–Crippen LogP) is 2.44. The molecule has 8 heteroatoms. The molecule has 0 atom stereocenters. The molecule has 1 aliphatic rings. The molecule has 1 N–H and O–H groups in total. The normalized spacial score (nSPS) is 15.0. The summed E-state index contributed by atoms with van der Waals surface area (Å²) in [4.78, 5) is 14.1. The molecule has 1 saturated heterocycles. The molecular formula is C20H30N6OS. The van der Waals surface area contributed by atoms with E-state index in [1.807, 2.05) is 18.2 Å². The average Bonchev–Trinajstić information content (AvgIpc) is 3.23. The molecule has 28 heavy (non-hydrogen) atoms. The Morgan fingerprint density at radius 3 is 2.68 bits per heavy atom. The lowest BCUT2D eigenvalue weighted by Crippen LogP contribution is -2.52. The molecule has 1 aromatic heterocycles. The van der Waals surface area contributed by atoms with Gasteiger partial charge >= 0.3 is 0 Å². The second kappa shape index (κ2) is 10.3. The van der Waals surface area contributed by atoms with E-state index in [-0.39, 0.29) is 0 Å². The smallest absolute Gasteiger partial charge is 0.205 e. The second-order valence-electron chi connectivity index (χ2n) is 6.62. The van der Waals surface area contributed by atoms with Gasteiger partial charge in [0.2, 0.25) is 5.13 Å². The van der Waals surface area contributed by atoms with E-state index in [0.717, 1.165) is 74.8 Å². The first-order chi connectivity index (χ1) is 13.7. The third kappa shape index (κ3) is 5.13. The molecule has 152 valence electrons. The van der Waals surface area contributed by atoms with Crippen molar-refractivity contribution in [2.24, 2.45) is 4.99 Å². The Labute approximate surface area is 171 Å². The summed E-state index contributed by atoms with van der Waals surface area (Å²) in [6, 6.07) is 8.15. The first-order valence-electron chi connectivity index (χ1n) is 9.97. The Hall–Kier alpha value is -2.35. The van der Waals surface area contributed by atoms with Gasteiger partial charge in [0.15, 0.2) is 5.96 Å². The fourth-order valence-corrected chi connectivity index (χ4v) is 4.05. The number of aryl methyl sites for hydroxylation is 1. The zero-order valence-electron chi connectivity index (χ0n) is 17.0. The van der Waals surface area contributed by atoms with Crippen molar-refractivity contribution in [2.45, 2.75) is 26.7 Å². The third-order valence-corrected chi connectivity index (χ3v) is 5.61. The highest BCUT2D eigenvalue weighted by atomic mass is 32.1. The van der Waals surface area contributed by atoms with Gasteiger partial charge in [-0.15, -0.1) is 0 Å². The van der Waals surface area contributed by atoms with Gasteiger partial charge in [0.25, 0.3) is 0 Å². The van der Waals surface area contributed by atoms with Crippen LogP contribution in [0.2, 0.25) is 0 Å². The van der Waals surface area contributed by atoms with Gasteiger partial charge in [-0.1, -0.05) is 25.1 Å². The van der Waals surface area contributed by atoms with Crippen LogP contribution in [0.25, 0.3) is 0 Å². The van der Waals surface area contributed by atoms with E-state index in [1.165, 1.54) is 17.1 Å². The largest absolute Gasteiger partial charge is 0.496 e. The van der Waals surface area contributed by atoms with Crippen LogP contribution in [-0.2, 0) is 12.8 Å². The highest BCUT2D eigenvalue weighted by Crippen LogP contribution is 2.20. The van der Waals surface area contributed by atoms with Gasteiger partial charge in [-0.25, -0.2) is 4.98 Å². The zero-order valence-corrected chi connectivity index (χ0v) is 17.8. The topological polar surface area (TPSA) is 65.9 Å². The zero-order chi connectivity index (χ0) is 19.8. The first kappa shape index (κ1) is 20.4. The number of guanidine groups is 1. The van der Waals surface area contributed by atoms with Crippen LogP contribution >= 0.6 is 11.5 Å². The summed E-state index contributed by atoms with van der Waals surface area (Å²) in [5.74, 6) is 2.86. The monoisotopic (exact) mass is 402 g/mol. The summed E-state index contributed by atoms with van der Waals surface area (Å²) in [5, 5.41) is 4.47. The number of para-hydroxylation sites is 1. The van der Waals surface area contributed by atoms with E-state index < -0.39 is 0 Å². The van der Waals surface area contributed by atoms with Crippen molar-refractivity contribution in [2.75, 3.05) is 51.3 Å². The number of aliphatic imine (C=N–C) groups is 1. The molecule has 3 rings (SSSR count). The maximum absolute atomic E-state index is 5.44. The number of anilines is 1. The van der Waals surface area contributed by atoms with Crippen molar-refractivity contribution in [3.8, 4) is 5.75 Å². The quantitative estimate of drug-likeness (QED) is 0.567. The van der Waals surface area contributed by atoms with Gasteiger partial charge in [-0.05, 0) is 25.0 Å². The molecule has 1 fully saturated rings. The van der Waals surface area contributed by atoms with E-state index in [9.17, 15) is 0 Å². The summed E-state index contributed by atoms with van der Waals surface area (Å²) in [6.07, 6.45) is 1.75. The van der Waals surface area contributed by atoms with E-state index in [0.29, 0.717) is 0 Å². The van der Waals surface area contributed by atoms with Crippen molar-refractivity contribution in [1.82, 2.24) is 19.6 Å². The number of hydrogen-bond donors (Lipinski definition) is 1. The number of ether oxygens (including phenoxy) is 1. The van der Waals surface area contributed by atoms with Gasteiger partial charge in [0.1, 0.15) is 11.6 Å². The summed E-state index contributed by atoms with van der Waals surface area (Å²) in [7, 11) is 1.72. The molecule has 0 aliphatic carbocycles. The Morgan fingerprint density at radius 1 is 1.21 bits per heavy atom. The molecule has 0 spiro atoms. The molecule has 0 radical (unpaired) electrons. The number of nitrogens with one attached hydrogen (secondary N) is 1. The molecule has 7 nitrogen and oxygen atoms in total. The second-order valence-corrected chi connectivity index (χ2v) is 7.35. The van der Waals surface area contributed by atoms with E-state index in [4.69, 9.17) is 9.73 Å². The van der Waals surface area contributed by atoms with E-state index in [1.54, 1.807) is 7.11 Å². The molecular weight excluding hydrogens is 372 g/mol. The minimum Gasteiger partial charge on any atom is -0.496 e. The van der Waals surface area contributed by atoms with Gasteiger partial charge < -0.3 is 19.9 Å². The number of piperazine rings is 1. The lowest BCUT2D eigenvalue weighted by Gasteiger charge is -2.36. The minimum atomic E-state index is 0.735. The number of nitrogens with zero attached hydrogens (tertiary/aromatic N) is 5. The summed E-state index contributed by atoms with van der Waals surface area (Å²) in [6.45, 7) is 9.55. The van der Waals surface area contributed by atoms with Crippen molar-refractivity contribution < 1.29 is 4.74 Å². The Balaban J connectivity index is 1.57. The van der Waals surface area contributed by atoms with Gasteiger partial charge in [0, 0.05) is 57.2 Å². The van der Waals surface area contributed by atoms with Crippen LogP contribution < -0.4 is 15.0 Å². The van der Waals surface area contributed by atoms with Crippen LogP contribution in [0, 0.1) is 0 Å². The number of benzene rings is 1. The summed E-state index contributed by atoms with van der Waals surface area (Å²) >= 11 is 1.50. The van der Waals surface area contributed by atoms with Crippen LogP contribution in [0.3, 0.4) is 0 Å². The van der Waals surface area contributed by atoms with Crippen LogP contribution in [0.5, 0.6) is 5.75 Å². The average molecular weight is 403 g/mol. The van der Waals surface area contributed by atoms with Crippen LogP contribution in [0.1, 0.15) is 25.2 Å². The Kier molecular flexibility index (Phi) is 7.47. The van der Waals surface area contributed by atoms with Crippen molar-refractivity contribution >= 4 is 22.6 Å². The number of rotatable bonds is 7. The highest BCUT2D eigenvalue weighted by Gasteiger charge is 2.22. The lowest BCUT2D eigenvalue weighted by atomic mass is 10.1. The lowest BCUT2D eigenvalue weighted by molar-refractivity contribution is 0.372. The molecule has 0 unspecified atom stereocenters. The maximum atomic E-state index is 5.44. The van der Waals surface area contributed by atoms with Crippen LogP contribution in [-0.4, -0.2) is 66.6 Å². The Bertz CT molecular complexity index is 770. The van der Waals surface area contributed by atoms with Gasteiger partial charge in [-0.3, -0.25) is 4.99 Å². The molecule has 1 aromatic carbocycles. The minimum absolute atomic E-state index is 0.735. The van der Waals surface area contributed by atoms with Crippen molar-refractivity contribution in [3.05, 3.63) is 35.7 Å². The molecule has 0 bridgehead atoms. The standard InChI is InChI=1S/C20H30N6OS/c1-4-18-23-20(28-24-18)26-14-12-25(13-15-26)19(21-5-2)22-11-10-16-8-6-7-9-17(16)27-3/h6-9H,4-5,10-15H2,1-3H3,(H,21,22). The van der Waals surface area contributed by atoms with Crippen molar-refractivity contribution in [3.63, 3.8) is 0 Å². The fourth-order valence-electron chi connectivity index (χ4n) is 3.24. The van der Waals surface area contributed by atoms with E-state index >= 15 is 0 Å². The molecule has 1 aliphatic heterocycles.